The van der Waals surface area contributed by atoms with E-state index in [4.69, 9.17) is 23.2 Å². The molecule has 1 fully saturated rings. The molecule has 0 aliphatic heterocycles. The summed E-state index contributed by atoms with van der Waals surface area (Å²) < 4.78 is 0. The summed E-state index contributed by atoms with van der Waals surface area (Å²) in [5, 5.41) is 4.54. The van der Waals surface area contributed by atoms with Crippen molar-refractivity contribution in [3.8, 4) is 0 Å². The Labute approximate surface area is 233 Å². The van der Waals surface area contributed by atoms with Gasteiger partial charge in [0.25, 0.3) is 0 Å². The van der Waals surface area contributed by atoms with Gasteiger partial charge in [0.2, 0.25) is 11.8 Å². The first-order valence-corrected chi connectivity index (χ1v) is 14.5. The second-order valence-corrected chi connectivity index (χ2v) is 11.4. The molecule has 0 saturated heterocycles. The maximum Gasteiger partial charge on any atom is 0.243 e. The lowest BCUT2D eigenvalue weighted by Crippen LogP contribution is -2.52. The quantitative estimate of drug-likeness (QED) is 0.255. The van der Waals surface area contributed by atoms with Crippen LogP contribution in [-0.4, -0.2) is 34.6 Å². The van der Waals surface area contributed by atoms with E-state index in [1.807, 2.05) is 78.9 Å². The highest BCUT2D eigenvalue weighted by molar-refractivity contribution is 7.99. The molecule has 7 heteroatoms. The van der Waals surface area contributed by atoms with Gasteiger partial charge in [0.15, 0.2) is 0 Å². The fourth-order valence-corrected chi connectivity index (χ4v) is 5.86. The highest BCUT2D eigenvalue weighted by Crippen LogP contribution is 2.24. The third-order valence-corrected chi connectivity index (χ3v) is 8.11. The van der Waals surface area contributed by atoms with Crippen LogP contribution in [0.1, 0.15) is 43.2 Å². The van der Waals surface area contributed by atoms with Crippen molar-refractivity contribution in [2.24, 2.45) is 0 Å². The third-order valence-electron chi connectivity index (χ3n) is 6.61. The maximum atomic E-state index is 13.7. The molecule has 0 aromatic heterocycles. The first kappa shape index (κ1) is 27.6. The summed E-state index contributed by atoms with van der Waals surface area (Å²) >= 11 is 13.9. The molecule has 2 amide bonds. The predicted molar refractivity (Wildman–Crippen MR) is 153 cm³/mol. The number of thioether (sulfide) groups is 1. The number of hydrogen-bond acceptors (Lipinski definition) is 3. The van der Waals surface area contributed by atoms with Crippen LogP contribution in [0, 0.1) is 0 Å². The van der Waals surface area contributed by atoms with E-state index < -0.39 is 6.04 Å². The Balaban J connectivity index is 1.56. The Morgan fingerprint density at radius 1 is 0.892 bits per heavy atom. The molecule has 4 rings (SSSR count). The van der Waals surface area contributed by atoms with Crippen LogP contribution >= 0.6 is 35.0 Å². The van der Waals surface area contributed by atoms with Gasteiger partial charge in [-0.3, -0.25) is 9.59 Å². The molecule has 1 unspecified atom stereocenters. The molecule has 0 bridgehead atoms. The Morgan fingerprint density at radius 2 is 1.59 bits per heavy atom. The Hall–Kier alpha value is -2.47. The van der Waals surface area contributed by atoms with Crippen LogP contribution < -0.4 is 5.32 Å². The van der Waals surface area contributed by atoms with Crippen LogP contribution in [0.5, 0.6) is 0 Å². The fourth-order valence-electron chi connectivity index (χ4n) is 4.68. The summed E-state index contributed by atoms with van der Waals surface area (Å²) in [6.07, 6.45) is 5.00. The number of rotatable bonds is 11. The number of carbonyl (C=O) groups is 2. The molecular formula is C30H32Cl2N2O2S. The second-order valence-electron chi connectivity index (χ2n) is 9.40. The minimum absolute atomic E-state index is 0.0519. The lowest BCUT2D eigenvalue weighted by molar-refractivity contribution is -0.141. The molecule has 194 valence electrons. The highest BCUT2D eigenvalue weighted by atomic mass is 35.5. The van der Waals surface area contributed by atoms with Crippen molar-refractivity contribution in [3.05, 3.63) is 100 Å². The average Bonchev–Trinajstić information content (AvgIpc) is 3.41. The number of amides is 2. The van der Waals surface area contributed by atoms with Crippen molar-refractivity contribution < 1.29 is 9.59 Å². The second kappa shape index (κ2) is 13.9. The van der Waals surface area contributed by atoms with E-state index in [-0.39, 0.29) is 17.9 Å². The van der Waals surface area contributed by atoms with Gasteiger partial charge in [-0.2, -0.15) is 0 Å². The molecule has 1 saturated carbocycles. The molecule has 1 N–H and O–H groups in total. The summed E-state index contributed by atoms with van der Waals surface area (Å²) in [6, 6.07) is 24.6. The molecule has 1 atom stereocenters. The molecule has 1 aliphatic carbocycles. The lowest BCUT2D eigenvalue weighted by Gasteiger charge is -2.32. The summed E-state index contributed by atoms with van der Waals surface area (Å²) in [4.78, 5) is 30.2. The number of halogens is 2. The summed E-state index contributed by atoms with van der Waals surface area (Å²) in [5.74, 6) is 0.467. The van der Waals surface area contributed by atoms with E-state index in [2.05, 4.69) is 5.32 Å². The third kappa shape index (κ3) is 8.53. The molecular weight excluding hydrogens is 523 g/mol. The molecule has 4 nitrogen and oxygen atoms in total. The standard InChI is InChI=1S/C30H32Cl2N2O2S/c31-24-13-15-27(16-14-24)37-18-17-29(35)34(21-23-9-6-10-25(32)19-23)28(20-22-7-2-1-3-8-22)30(36)33-26-11-4-5-12-26/h1-3,6-10,13-16,19,26,28H,4-5,11-12,17-18,20-21H2,(H,33,36). The Kier molecular flexibility index (Phi) is 10.4. The average molecular weight is 556 g/mol. The zero-order valence-corrected chi connectivity index (χ0v) is 23.1. The normalized spacial score (nSPS) is 14.3. The largest absolute Gasteiger partial charge is 0.352 e. The molecule has 0 heterocycles. The smallest absolute Gasteiger partial charge is 0.243 e. The van der Waals surface area contributed by atoms with Gasteiger partial charge in [-0.1, -0.05) is 78.5 Å². The molecule has 3 aromatic rings. The van der Waals surface area contributed by atoms with Gasteiger partial charge in [0.05, 0.1) is 0 Å². The molecule has 0 radical (unpaired) electrons. The zero-order valence-electron chi connectivity index (χ0n) is 20.7. The Bertz CT molecular complexity index is 1170. The number of nitrogens with one attached hydrogen (secondary N) is 1. The molecule has 3 aromatic carbocycles. The summed E-state index contributed by atoms with van der Waals surface area (Å²) in [6.45, 7) is 0.320. The van der Waals surface area contributed by atoms with Crippen molar-refractivity contribution >= 4 is 46.8 Å². The maximum absolute atomic E-state index is 13.7. The van der Waals surface area contributed by atoms with Crippen LogP contribution in [0.25, 0.3) is 0 Å². The van der Waals surface area contributed by atoms with Crippen molar-refractivity contribution in [2.45, 2.75) is 62.0 Å². The van der Waals surface area contributed by atoms with E-state index in [1.165, 1.54) is 0 Å². The number of nitrogens with zero attached hydrogens (tertiary/aromatic N) is 1. The number of hydrogen-bond donors (Lipinski definition) is 1. The number of benzene rings is 3. The molecule has 1 aliphatic rings. The first-order valence-electron chi connectivity index (χ1n) is 12.7. The Morgan fingerprint density at radius 3 is 2.30 bits per heavy atom. The number of carbonyl (C=O) groups excluding carboxylic acids is 2. The van der Waals surface area contributed by atoms with Gasteiger partial charge in [-0.15, -0.1) is 11.8 Å². The van der Waals surface area contributed by atoms with E-state index >= 15 is 0 Å². The predicted octanol–water partition coefficient (Wildman–Crippen LogP) is 7.17. The van der Waals surface area contributed by atoms with E-state index in [0.717, 1.165) is 41.7 Å². The minimum Gasteiger partial charge on any atom is -0.352 e. The summed E-state index contributed by atoms with van der Waals surface area (Å²) in [7, 11) is 0. The molecule has 37 heavy (non-hydrogen) atoms. The van der Waals surface area contributed by atoms with Crippen molar-refractivity contribution in [1.82, 2.24) is 10.2 Å². The van der Waals surface area contributed by atoms with Crippen LogP contribution in [0.2, 0.25) is 10.0 Å². The van der Waals surface area contributed by atoms with Crippen LogP contribution in [0.3, 0.4) is 0 Å². The fraction of sp³-hybridized carbons (Fsp3) is 0.333. The van der Waals surface area contributed by atoms with Crippen molar-refractivity contribution in [2.75, 3.05) is 5.75 Å². The van der Waals surface area contributed by atoms with Gasteiger partial charge in [-0.25, -0.2) is 0 Å². The van der Waals surface area contributed by atoms with Gasteiger partial charge in [0.1, 0.15) is 6.04 Å². The topological polar surface area (TPSA) is 49.4 Å². The van der Waals surface area contributed by atoms with E-state index in [0.29, 0.717) is 35.2 Å². The van der Waals surface area contributed by atoms with Crippen LogP contribution in [0.15, 0.2) is 83.8 Å². The van der Waals surface area contributed by atoms with Crippen LogP contribution in [0.4, 0.5) is 0 Å². The van der Waals surface area contributed by atoms with E-state index in [1.54, 1.807) is 16.7 Å². The molecule has 0 spiro atoms. The SMILES string of the molecule is O=C(NC1CCCC1)C(Cc1ccccc1)N(Cc1cccc(Cl)c1)C(=O)CCSc1ccc(Cl)cc1. The lowest BCUT2D eigenvalue weighted by atomic mass is 10.0. The van der Waals surface area contributed by atoms with Crippen LogP contribution in [-0.2, 0) is 22.6 Å². The van der Waals surface area contributed by atoms with Gasteiger partial charge in [0, 0.05) is 46.1 Å². The van der Waals surface area contributed by atoms with Crippen molar-refractivity contribution in [3.63, 3.8) is 0 Å². The monoisotopic (exact) mass is 554 g/mol. The zero-order chi connectivity index (χ0) is 26.0. The highest BCUT2D eigenvalue weighted by Gasteiger charge is 2.32. The van der Waals surface area contributed by atoms with Gasteiger partial charge < -0.3 is 10.2 Å². The van der Waals surface area contributed by atoms with Gasteiger partial charge >= 0.3 is 0 Å². The van der Waals surface area contributed by atoms with Crippen molar-refractivity contribution in [1.29, 1.82) is 0 Å². The summed E-state index contributed by atoms with van der Waals surface area (Å²) in [5.41, 5.74) is 1.92. The van der Waals surface area contributed by atoms with Gasteiger partial charge in [-0.05, 0) is 60.4 Å². The van der Waals surface area contributed by atoms with E-state index in [9.17, 15) is 9.59 Å². The first-order chi connectivity index (χ1) is 18.0. The minimum atomic E-state index is -0.616.